The molecule has 0 aliphatic carbocycles. The van der Waals surface area contributed by atoms with Crippen LogP contribution < -0.4 is 0 Å². The van der Waals surface area contributed by atoms with Crippen molar-refractivity contribution in [2.75, 3.05) is 0 Å². The Kier molecular flexibility index (Phi) is 3.61. The van der Waals surface area contributed by atoms with Crippen LogP contribution in [0.5, 0.6) is 0 Å². The lowest BCUT2D eigenvalue weighted by atomic mass is 10.0. The van der Waals surface area contributed by atoms with Gasteiger partial charge in [0, 0.05) is 0 Å². The number of benzene rings is 2. The van der Waals surface area contributed by atoms with Gasteiger partial charge in [0.05, 0.1) is 11.6 Å². The highest BCUT2D eigenvalue weighted by Crippen LogP contribution is 2.18. The van der Waals surface area contributed by atoms with Gasteiger partial charge in [-0.1, -0.05) is 42.5 Å². The maximum absolute atomic E-state index is 8.65. The molecule has 0 aromatic heterocycles. The fraction of sp³-hybridized carbons (Fsp3) is 0. The zero-order valence-electron chi connectivity index (χ0n) is 8.14. The molecule has 0 amide bonds. The second-order valence-corrected chi connectivity index (χ2v) is 3.06. The average molecular weight is 197 g/mol. The second-order valence-electron chi connectivity index (χ2n) is 3.06. The summed E-state index contributed by atoms with van der Waals surface area (Å²) in [5.74, 6) is 0. The standard InChI is InChI=1S/C13H9N.H2O/c14-10-11-6-8-13(9-7-11)12-4-2-1-3-5-12;/h1-9H;1H2. The van der Waals surface area contributed by atoms with Gasteiger partial charge in [-0.05, 0) is 23.3 Å². The third-order valence-corrected chi connectivity index (χ3v) is 2.12. The van der Waals surface area contributed by atoms with Crippen LogP contribution >= 0.6 is 0 Å². The van der Waals surface area contributed by atoms with Crippen molar-refractivity contribution < 1.29 is 5.48 Å². The molecule has 0 spiro atoms. The maximum atomic E-state index is 8.65. The summed E-state index contributed by atoms with van der Waals surface area (Å²) in [4.78, 5) is 0. The topological polar surface area (TPSA) is 55.3 Å². The predicted octanol–water partition coefficient (Wildman–Crippen LogP) is 2.40. The maximum Gasteiger partial charge on any atom is 0.0991 e. The van der Waals surface area contributed by atoms with Gasteiger partial charge in [0.1, 0.15) is 0 Å². The molecule has 0 heterocycles. The number of nitriles is 1. The van der Waals surface area contributed by atoms with Crippen LogP contribution in [0.25, 0.3) is 11.1 Å². The van der Waals surface area contributed by atoms with Crippen molar-refractivity contribution in [2.24, 2.45) is 0 Å². The van der Waals surface area contributed by atoms with Crippen LogP contribution in [0.15, 0.2) is 54.6 Å². The molecule has 15 heavy (non-hydrogen) atoms. The van der Waals surface area contributed by atoms with Crippen molar-refractivity contribution in [3.63, 3.8) is 0 Å². The lowest BCUT2D eigenvalue weighted by Crippen LogP contribution is -1.77. The molecular formula is C13H11NO. The van der Waals surface area contributed by atoms with E-state index in [4.69, 9.17) is 5.26 Å². The summed E-state index contributed by atoms with van der Waals surface area (Å²) in [6.07, 6.45) is 0. The Morgan fingerprint density at radius 3 is 1.80 bits per heavy atom. The van der Waals surface area contributed by atoms with Crippen molar-refractivity contribution in [2.45, 2.75) is 0 Å². The number of rotatable bonds is 1. The molecular weight excluding hydrogens is 186 g/mol. The van der Waals surface area contributed by atoms with Crippen molar-refractivity contribution in [1.29, 1.82) is 5.26 Å². The van der Waals surface area contributed by atoms with Gasteiger partial charge in [-0.3, -0.25) is 0 Å². The van der Waals surface area contributed by atoms with Crippen molar-refractivity contribution in [3.05, 3.63) is 60.2 Å². The van der Waals surface area contributed by atoms with Crippen molar-refractivity contribution in [3.8, 4) is 17.2 Å². The molecule has 0 fully saturated rings. The third-order valence-electron chi connectivity index (χ3n) is 2.12. The summed E-state index contributed by atoms with van der Waals surface area (Å²) in [5, 5.41) is 8.65. The molecule has 2 heteroatoms. The fourth-order valence-corrected chi connectivity index (χ4v) is 1.37. The summed E-state index contributed by atoms with van der Waals surface area (Å²) in [5.41, 5.74) is 3.02. The molecule has 2 nitrogen and oxygen atoms in total. The first kappa shape index (κ1) is 11.0. The van der Waals surface area contributed by atoms with E-state index in [9.17, 15) is 0 Å². The van der Waals surface area contributed by atoms with E-state index in [1.165, 1.54) is 5.56 Å². The molecule has 2 rings (SSSR count). The van der Waals surface area contributed by atoms with Gasteiger partial charge < -0.3 is 5.48 Å². The van der Waals surface area contributed by atoms with Gasteiger partial charge in [0.2, 0.25) is 0 Å². The smallest absolute Gasteiger partial charge is 0.0991 e. The highest BCUT2D eigenvalue weighted by molar-refractivity contribution is 5.63. The zero-order chi connectivity index (χ0) is 9.80. The van der Waals surface area contributed by atoms with Crippen molar-refractivity contribution in [1.82, 2.24) is 0 Å². The average Bonchev–Trinajstić information content (AvgIpc) is 2.30. The zero-order valence-corrected chi connectivity index (χ0v) is 8.14. The molecule has 0 radical (unpaired) electrons. The Morgan fingerprint density at radius 1 is 0.733 bits per heavy atom. The summed E-state index contributed by atoms with van der Waals surface area (Å²) in [7, 11) is 0. The molecule has 0 saturated carbocycles. The van der Waals surface area contributed by atoms with E-state index in [1.807, 2.05) is 42.5 Å². The number of nitrogens with zero attached hydrogens (tertiary/aromatic N) is 1. The van der Waals surface area contributed by atoms with Crippen LogP contribution in [0, 0.1) is 11.3 Å². The van der Waals surface area contributed by atoms with E-state index in [1.54, 1.807) is 0 Å². The Labute approximate surface area is 88.7 Å². The first-order valence-corrected chi connectivity index (χ1v) is 4.46. The van der Waals surface area contributed by atoms with Crippen LogP contribution in [0.3, 0.4) is 0 Å². The van der Waals surface area contributed by atoms with E-state index < -0.39 is 0 Å². The molecule has 0 saturated heterocycles. The van der Waals surface area contributed by atoms with E-state index >= 15 is 0 Å². The minimum absolute atomic E-state index is 0. The minimum Gasteiger partial charge on any atom is -0.412 e. The second kappa shape index (κ2) is 4.94. The highest BCUT2D eigenvalue weighted by atomic mass is 16.0. The van der Waals surface area contributed by atoms with Gasteiger partial charge in [-0.25, -0.2) is 0 Å². The Morgan fingerprint density at radius 2 is 1.27 bits per heavy atom. The molecule has 0 bridgehead atoms. The Hall–Kier alpha value is -2.11. The molecule has 74 valence electrons. The van der Waals surface area contributed by atoms with E-state index in [0.29, 0.717) is 5.56 Å². The molecule has 0 atom stereocenters. The summed E-state index contributed by atoms with van der Waals surface area (Å²) in [6, 6.07) is 19.8. The first-order chi connectivity index (χ1) is 6.90. The summed E-state index contributed by atoms with van der Waals surface area (Å²) < 4.78 is 0. The molecule has 2 N–H and O–H groups in total. The molecule has 0 aliphatic rings. The monoisotopic (exact) mass is 197 g/mol. The first-order valence-electron chi connectivity index (χ1n) is 4.46. The van der Waals surface area contributed by atoms with Crippen LogP contribution in [0.1, 0.15) is 5.56 Å². The summed E-state index contributed by atoms with van der Waals surface area (Å²) >= 11 is 0. The number of hydrogen-bond acceptors (Lipinski definition) is 1. The quantitative estimate of drug-likeness (QED) is 0.692. The lowest BCUT2D eigenvalue weighted by molar-refractivity contribution is 0.824. The SMILES string of the molecule is N#Cc1ccc(-c2ccccc2)cc1.O. The predicted molar refractivity (Wildman–Crippen MR) is 60.2 cm³/mol. The van der Waals surface area contributed by atoms with Gasteiger partial charge in [0.25, 0.3) is 0 Å². The van der Waals surface area contributed by atoms with E-state index in [-0.39, 0.29) is 5.48 Å². The van der Waals surface area contributed by atoms with Crippen LogP contribution in [0.4, 0.5) is 0 Å². The van der Waals surface area contributed by atoms with Crippen molar-refractivity contribution >= 4 is 0 Å². The van der Waals surface area contributed by atoms with Crippen LogP contribution in [-0.2, 0) is 0 Å². The molecule has 0 aliphatic heterocycles. The summed E-state index contributed by atoms with van der Waals surface area (Å²) in [6.45, 7) is 0. The van der Waals surface area contributed by atoms with Crippen LogP contribution in [0.2, 0.25) is 0 Å². The number of hydrogen-bond donors (Lipinski definition) is 0. The van der Waals surface area contributed by atoms with E-state index in [2.05, 4.69) is 18.2 Å². The van der Waals surface area contributed by atoms with Gasteiger partial charge >= 0.3 is 0 Å². The molecule has 2 aromatic rings. The fourth-order valence-electron chi connectivity index (χ4n) is 1.37. The molecule has 0 unspecified atom stereocenters. The lowest BCUT2D eigenvalue weighted by Gasteiger charge is -1.99. The van der Waals surface area contributed by atoms with Gasteiger partial charge in [-0.15, -0.1) is 0 Å². The minimum atomic E-state index is 0. The third kappa shape index (κ3) is 2.43. The molecule has 2 aromatic carbocycles. The Balaban J connectivity index is 0.00000112. The largest absolute Gasteiger partial charge is 0.412 e. The van der Waals surface area contributed by atoms with Crippen LogP contribution in [-0.4, -0.2) is 5.48 Å². The van der Waals surface area contributed by atoms with Gasteiger partial charge in [-0.2, -0.15) is 5.26 Å². The normalized spacial score (nSPS) is 8.73. The Bertz CT molecular complexity index is 454. The highest BCUT2D eigenvalue weighted by Gasteiger charge is 1.95. The van der Waals surface area contributed by atoms with E-state index in [0.717, 1.165) is 5.56 Å². The van der Waals surface area contributed by atoms with Gasteiger partial charge in [0.15, 0.2) is 0 Å².